The molecule has 2 aromatic heterocycles. The van der Waals surface area contributed by atoms with E-state index in [1.165, 1.54) is 36.6 Å². The van der Waals surface area contributed by atoms with Gasteiger partial charge in [-0.1, -0.05) is 48.5 Å². The van der Waals surface area contributed by atoms with Crippen molar-refractivity contribution in [1.29, 1.82) is 0 Å². The van der Waals surface area contributed by atoms with Gasteiger partial charge in [0.15, 0.2) is 0 Å². The Morgan fingerprint density at radius 1 is 1.03 bits per heavy atom. The van der Waals surface area contributed by atoms with Crippen LogP contribution in [0.5, 0.6) is 5.88 Å². The van der Waals surface area contributed by atoms with Crippen LogP contribution in [0.4, 0.5) is 19.1 Å². The van der Waals surface area contributed by atoms with Crippen molar-refractivity contribution in [3.05, 3.63) is 84.1 Å². The number of anilines is 1. The highest BCUT2D eigenvalue weighted by Gasteiger charge is 2.43. The summed E-state index contributed by atoms with van der Waals surface area (Å²) in [6.07, 6.45) is -5.45. The number of benzene rings is 2. The fourth-order valence-corrected chi connectivity index (χ4v) is 3.51. The highest BCUT2D eigenvalue weighted by molar-refractivity contribution is 5.73. The lowest BCUT2D eigenvalue weighted by Gasteiger charge is -2.22. The smallest absolute Gasteiger partial charge is 0.429 e. The Hall–Kier alpha value is -4.38. The number of carboxylic acids is 1. The molecule has 5 N–H and O–H groups in total. The van der Waals surface area contributed by atoms with E-state index in [4.69, 9.17) is 25.7 Å². The topological polar surface area (TPSA) is 137 Å². The lowest BCUT2D eigenvalue weighted by Crippen LogP contribution is -2.32. The van der Waals surface area contributed by atoms with Gasteiger partial charge in [-0.05, 0) is 24.1 Å². The molecule has 1 unspecified atom stereocenters. The zero-order valence-electron chi connectivity index (χ0n) is 18.6. The van der Waals surface area contributed by atoms with E-state index in [0.717, 1.165) is 0 Å². The quantitative estimate of drug-likeness (QED) is 0.320. The zero-order valence-corrected chi connectivity index (χ0v) is 18.6. The molecule has 0 bridgehead atoms. The van der Waals surface area contributed by atoms with Crippen molar-refractivity contribution in [2.24, 2.45) is 5.73 Å². The molecule has 186 valence electrons. The second-order valence-electron chi connectivity index (χ2n) is 7.93. The van der Waals surface area contributed by atoms with Gasteiger partial charge in [0.05, 0.1) is 12.0 Å². The number of ether oxygens (including phenoxy) is 1. The number of aliphatic carboxylic acids is 1. The van der Waals surface area contributed by atoms with Crippen LogP contribution >= 0.6 is 0 Å². The Bertz CT molecular complexity index is 1330. The van der Waals surface area contributed by atoms with Crippen molar-refractivity contribution in [3.8, 4) is 28.5 Å². The van der Waals surface area contributed by atoms with Crippen molar-refractivity contribution < 1.29 is 32.2 Å². The number of furan rings is 1. The maximum Gasteiger partial charge on any atom is 0.429 e. The summed E-state index contributed by atoms with van der Waals surface area (Å²) in [5.41, 5.74) is 13.2. The Balaban J connectivity index is 1.58. The fourth-order valence-electron chi connectivity index (χ4n) is 3.51. The first-order chi connectivity index (χ1) is 17.1. The normalized spacial score (nSPS) is 13.2. The number of aromatic nitrogens is 2. The highest BCUT2D eigenvalue weighted by atomic mass is 19.4. The average Bonchev–Trinajstić information content (AvgIpc) is 3.37. The Morgan fingerprint density at radius 2 is 1.69 bits per heavy atom. The van der Waals surface area contributed by atoms with Crippen LogP contribution in [0.1, 0.15) is 17.2 Å². The van der Waals surface area contributed by atoms with E-state index in [1.807, 2.05) is 0 Å². The van der Waals surface area contributed by atoms with E-state index in [-0.39, 0.29) is 29.5 Å². The van der Waals surface area contributed by atoms with Crippen LogP contribution in [0.3, 0.4) is 0 Å². The zero-order chi connectivity index (χ0) is 25.9. The molecule has 0 aliphatic rings. The predicted molar refractivity (Wildman–Crippen MR) is 125 cm³/mol. The largest absolute Gasteiger partial charge is 0.480 e. The van der Waals surface area contributed by atoms with Gasteiger partial charge in [0.2, 0.25) is 17.9 Å². The van der Waals surface area contributed by atoms with Crippen LogP contribution in [0.15, 0.2) is 77.4 Å². The van der Waals surface area contributed by atoms with Crippen LogP contribution in [0.2, 0.25) is 0 Å². The molecule has 36 heavy (non-hydrogen) atoms. The Kier molecular flexibility index (Phi) is 6.93. The molecule has 2 atom stereocenters. The molecule has 2 aromatic carbocycles. The van der Waals surface area contributed by atoms with Crippen LogP contribution in [0, 0.1) is 0 Å². The molecule has 0 saturated carbocycles. The predicted octanol–water partition coefficient (Wildman–Crippen LogP) is 4.62. The molecule has 4 aromatic rings. The van der Waals surface area contributed by atoms with Crippen molar-refractivity contribution in [1.82, 2.24) is 9.97 Å². The minimum atomic E-state index is -4.74. The summed E-state index contributed by atoms with van der Waals surface area (Å²) < 4.78 is 52.3. The van der Waals surface area contributed by atoms with Crippen LogP contribution in [-0.4, -0.2) is 33.3 Å². The van der Waals surface area contributed by atoms with Crippen molar-refractivity contribution in [2.45, 2.75) is 24.7 Å². The first kappa shape index (κ1) is 24.7. The summed E-state index contributed by atoms with van der Waals surface area (Å²) in [6, 6.07) is 15.8. The molecular weight excluding hydrogens is 477 g/mol. The number of carbonyl (C=O) groups is 1. The molecule has 0 spiro atoms. The SMILES string of the molecule is Nc1nc(OC(c2ccc(-c3ccco3)cc2)C(F)(F)F)cc(-c2ccc(C[C@H](N)C(=O)O)cc2)n1. The fraction of sp³-hybridized carbons (Fsp3) is 0.160. The number of carboxylic acid groups (broad SMARTS) is 1. The first-order valence-electron chi connectivity index (χ1n) is 10.7. The van der Waals surface area contributed by atoms with E-state index in [0.29, 0.717) is 22.5 Å². The standard InChI is InChI=1S/C25H21F3N4O4/c26-25(27,28)22(17-9-7-16(8-10-17)20-2-1-11-35-20)36-21-13-19(31-24(30)32-21)15-5-3-14(4-6-15)12-18(29)23(33)34/h1-11,13,18,22H,12,29H2,(H,33,34)(H2,30,31,32)/t18-,22?/m0/s1. The summed E-state index contributed by atoms with van der Waals surface area (Å²) in [5.74, 6) is -1.23. The van der Waals surface area contributed by atoms with Crippen molar-refractivity contribution in [3.63, 3.8) is 0 Å². The second kappa shape index (κ2) is 10.1. The van der Waals surface area contributed by atoms with Crippen molar-refractivity contribution in [2.75, 3.05) is 5.73 Å². The summed E-state index contributed by atoms with van der Waals surface area (Å²) in [7, 11) is 0. The number of hydrogen-bond donors (Lipinski definition) is 3. The third-order valence-electron chi connectivity index (χ3n) is 5.30. The van der Waals surface area contributed by atoms with Gasteiger partial charge >= 0.3 is 12.1 Å². The summed E-state index contributed by atoms with van der Waals surface area (Å²) >= 11 is 0. The minimum Gasteiger partial charge on any atom is -0.480 e. The molecule has 8 nitrogen and oxygen atoms in total. The van der Waals surface area contributed by atoms with E-state index in [1.54, 1.807) is 36.4 Å². The maximum absolute atomic E-state index is 13.9. The summed E-state index contributed by atoms with van der Waals surface area (Å²) in [5, 5.41) is 8.95. The second-order valence-corrected chi connectivity index (χ2v) is 7.93. The molecule has 2 heterocycles. The van der Waals surface area contributed by atoms with E-state index in [2.05, 4.69) is 9.97 Å². The number of nitrogen functional groups attached to an aromatic ring is 1. The highest BCUT2D eigenvalue weighted by Crippen LogP contribution is 2.38. The molecule has 0 radical (unpaired) electrons. The molecule has 0 aliphatic heterocycles. The summed E-state index contributed by atoms with van der Waals surface area (Å²) in [6.45, 7) is 0. The van der Waals surface area contributed by atoms with Crippen LogP contribution in [0.25, 0.3) is 22.6 Å². The first-order valence-corrected chi connectivity index (χ1v) is 10.7. The Labute approximate surface area is 203 Å². The molecule has 0 aliphatic carbocycles. The van der Waals surface area contributed by atoms with E-state index >= 15 is 0 Å². The van der Waals surface area contributed by atoms with Gasteiger partial charge in [-0.25, -0.2) is 4.98 Å². The number of nitrogens with zero attached hydrogens (tertiary/aromatic N) is 2. The minimum absolute atomic E-state index is 0.113. The third-order valence-corrected chi connectivity index (χ3v) is 5.30. The third kappa shape index (κ3) is 5.81. The Morgan fingerprint density at radius 3 is 2.28 bits per heavy atom. The van der Waals surface area contributed by atoms with Crippen molar-refractivity contribution >= 4 is 11.9 Å². The van der Waals surface area contributed by atoms with Gasteiger partial charge in [0.25, 0.3) is 0 Å². The lowest BCUT2D eigenvalue weighted by molar-refractivity contribution is -0.198. The van der Waals surface area contributed by atoms with Gasteiger partial charge < -0.3 is 25.7 Å². The number of alkyl halides is 3. The van der Waals surface area contributed by atoms with Crippen LogP contribution in [-0.2, 0) is 11.2 Å². The molecule has 0 amide bonds. The molecule has 4 rings (SSSR count). The number of halogens is 3. The average molecular weight is 498 g/mol. The number of nitrogens with two attached hydrogens (primary N) is 2. The van der Waals surface area contributed by atoms with E-state index < -0.39 is 24.3 Å². The maximum atomic E-state index is 13.9. The van der Waals surface area contributed by atoms with Gasteiger partial charge in [0.1, 0.15) is 11.8 Å². The van der Waals surface area contributed by atoms with Gasteiger partial charge in [-0.3, -0.25) is 4.79 Å². The molecule has 0 fully saturated rings. The number of rotatable bonds is 8. The number of hydrogen-bond acceptors (Lipinski definition) is 7. The van der Waals surface area contributed by atoms with Crippen LogP contribution < -0.4 is 16.2 Å². The molecular formula is C25H21F3N4O4. The monoisotopic (exact) mass is 498 g/mol. The van der Waals surface area contributed by atoms with Gasteiger partial charge in [0, 0.05) is 22.8 Å². The van der Waals surface area contributed by atoms with Gasteiger partial charge in [-0.2, -0.15) is 18.2 Å². The summed E-state index contributed by atoms with van der Waals surface area (Å²) in [4.78, 5) is 18.8. The van der Waals surface area contributed by atoms with Gasteiger partial charge in [-0.15, -0.1) is 0 Å². The van der Waals surface area contributed by atoms with E-state index in [9.17, 15) is 18.0 Å². The lowest BCUT2D eigenvalue weighted by atomic mass is 10.0. The molecule has 0 saturated heterocycles. The molecule has 11 heteroatoms.